The summed E-state index contributed by atoms with van der Waals surface area (Å²) in [4.78, 5) is 4.63. The maximum atomic E-state index is 9.43. The van der Waals surface area contributed by atoms with E-state index >= 15 is 0 Å². The Kier molecular flexibility index (Phi) is 4.78. The number of methoxy groups -OCH3 is 1. The van der Waals surface area contributed by atoms with E-state index in [0.29, 0.717) is 31.9 Å². The molecule has 4 rings (SSSR count). The second-order valence-electron chi connectivity index (χ2n) is 5.61. The number of aromatic nitrogens is 1. The van der Waals surface area contributed by atoms with Gasteiger partial charge in [-0.2, -0.15) is 0 Å². The lowest BCUT2D eigenvalue weighted by Crippen LogP contribution is -2.06. The van der Waals surface area contributed by atoms with Gasteiger partial charge in [0, 0.05) is 16.3 Å². The molecule has 0 radical (unpaired) electrons. The molecule has 0 bridgehead atoms. The largest absolute Gasteiger partial charge is 0.493 e. The highest BCUT2D eigenvalue weighted by atomic mass is 35.5. The molecule has 0 aliphatic carbocycles. The summed E-state index contributed by atoms with van der Waals surface area (Å²) in [6.45, 7) is 0. The van der Waals surface area contributed by atoms with Crippen molar-refractivity contribution in [3.05, 3.63) is 63.4 Å². The minimum absolute atomic E-state index is 0.0574. The van der Waals surface area contributed by atoms with Crippen LogP contribution in [0.1, 0.15) is 0 Å². The van der Waals surface area contributed by atoms with Crippen LogP contribution < -0.4 is 10.3 Å². The number of hydrogen-bond acceptors (Lipinski definition) is 6. The second kappa shape index (κ2) is 7.23. The number of rotatable bonds is 3. The van der Waals surface area contributed by atoms with E-state index in [1.54, 1.807) is 25.3 Å². The highest BCUT2D eigenvalue weighted by Crippen LogP contribution is 2.33. The Bertz CT molecular complexity index is 1220. The van der Waals surface area contributed by atoms with Crippen molar-refractivity contribution in [2.24, 2.45) is 5.16 Å². The zero-order valence-corrected chi connectivity index (χ0v) is 16.3. The molecule has 2 heterocycles. The number of benzene rings is 2. The van der Waals surface area contributed by atoms with Gasteiger partial charge in [0.05, 0.1) is 28.4 Å². The maximum Gasteiger partial charge on any atom is 0.266 e. The van der Waals surface area contributed by atoms with Gasteiger partial charge in [-0.25, -0.2) is 4.98 Å². The van der Waals surface area contributed by atoms with E-state index in [4.69, 9.17) is 32.4 Å². The molecule has 0 fully saturated rings. The fraction of sp³-hybridized carbons (Fsp3) is 0.0526. The van der Waals surface area contributed by atoms with Crippen molar-refractivity contribution in [3.8, 4) is 27.6 Å². The van der Waals surface area contributed by atoms with Crippen molar-refractivity contribution in [3.63, 3.8) is 0 Å². The van der Waals surface area contributed by atoms with E-state index in [0.717, 1.165) is 16.6 Å². The van der Waals surface area contributed by atoms with E-state index in [2.05, 4.69) is 10.1 Å². The normalized spacial score (nSPS) is 11.9. The predicted octanol–water partition coefficient (Wildman–Crippen LogP) is 5.83. The van der Waals surface area contributed by atoms with Crippen LogP contribution in [-0.4, -0.2) is 17.3 Å². The topological polar surface area (TPSA) is 67.9 Å². The van der Waals surface area contributed by atoms with Crippen molar-refractivity contribution >= 4 is 45.5 Å². The number of ether oxygens (including phenoxy) is 1. The quantitative estimate of drug-likeness (QED) is 0.335. The molecule has 8 heteroatoms. The summed E-state index contributed by atoms with van der Waals surface area (Å²) >= 11 is 13.5. The smallest absolute Gasteiger partial charge is 0.266 e. The molecule has 0 amide bonds. The number of hydrogen-bond donors (Lipinski definition) is 1. The number of fused-ring (bicyclic) bond motifs is 1. The summed E-state index contributed by atoms with van der Waals surface area (Å²) in [5.74, 6) is 0.555. The third-order valence-electron chi connectivity index (χ3n) is 4.00. The lowest BCUT2D eigenvalue weighted by atomic mass is 10.1. The van der Waals surface area contributed by atoms with Crippen LogP contribution in [0.5, 0.6) is 5.75 Å². The maximum absolute atomic E-state index is 9.43. The van der Waals surface area contributed by atoms with Crippen LogP contribution in [0.15, 0.2) is 57.4 Å². The average molecular weight is 419 g/mol. The Balaban J connectivity index is 1.85. The van der Waals surface area contributed by atoms with Crippen molar-refractivity contribution in [1.82, 2.24) is 4.98 Å². The molecular weight excluding hydrogens is 407 g/mol. The Labute approximate surface area is 168 Å². The predicted molar refractivity (Wildman–Crippen MR) is 107 cm³/mol. The van der Waals surface area contributed by atoms with Gasteiger partial charge in [0.15, 0.2) is 11.3 Å². The van der Waals surface area contributed by atoms with Gasteiger partial charge in [0.2, 0.25) is 0 Å². The third kappa shape index (κ3) is 3.27. The van der Waals surface area contributed by atoms with Gasteiger partial charge in [-0.3, -0.25) is 0 Å². The summed E-state index contributed by atoms with van der Waals surface area (Å²) in [7, 11) is 1.55. The fourth-order valence-electron chi connectivity index (χ4n) is 2.70. The first kappa shape index (κ1) is 17.9. The van der Waals surface area contributed by atoms with Crippen LogP contribution in [0, 0.1) is 0 Å². The number of nitrogens with zero attached hydrogens (tertiary/aromatic N) is 2. The third-order valence-corrected chi connectivity index (χ3v) is 5.61. The number of thiazole rings is 1. The monoisotopic (exact) mass is 418 g/mol. The highest BCUT2D eigenvalue weighted by Gasteiger charge is 2.14. The summed E-state index contributed by atoms with van der Waals surface area (Å²) in [6.07, 6.45) is 0. The standard InChI is InChI=1S/C19H12Cl2N2O3S/c1-25-16-4-2-3-11-7-12(18(23-24)26-17(11)16)19-22-15(9-27-19)10-5-6-13(20)14(21)8-10/h2-9,24H,1H3/b23-18+. The summed E-state index contributed by atoms with van der Waals surface area (Å²) < 4.78 is 11.1. The van der Waals surface area contributed by atoms with E-state index < -0.39 is 0 Å². The van der Waals surface area contributed by atoms with Crippen LogP contribution >= 0.6 is 34.5 Å². The lowest BCUT2D eigenvalue weighted by molar-refractivity contribution is 0.276. The number of halogens is 2. The minimum atomic E-state index is 0.0574. The van der Waals surface area contributed by atoms with Crippen LogP contribution in [0.25, 0.3) is 32.8 Å². The van der Waals surface area contributed by atoms with Gasteiger partial charge in [0.25, 0.3) is 5.55 Å². The molecule has 0 aliphatic rings. The van der Waals surface area contributed by atoms with Gasteiger partial charge >= 0.3 is 0 Å². The molecule has 2 aromatic carbocycles. The second-order valence-corrected chi connectivity index (χ2v) is 7.28. The number of para-hydroxylation sites is 1. The van der Waals surface area contributed by atoms with Gasteiger partial charge < -0.3 is 14.4 Å². The highest BCUT2D eigenvalue weighted by molar-refractivity contribution is 7.13. The summed E-state index contributed by atoms with van der Waals surface area (Å²) in [5, 5.41) is 17.0. The molecule has 5 nitrogen and oxygen atoms in total. The van der Waals surface area contributed by atoms with Crippen LogP contribution in [-0.2, 0) is 0 Å². The van der Waals surface area contributed by atoms with E-state index in [1.165, 1.54) is 11.3 Å². The Hall–Kier alpha value is -2.54. The minimum Gasteiger partial charge on any atom is -0.493 e. The fourth-order valence-corrected chi connectivity index (χ4v) is 3.83. The first-order chi connectivity index (χ1) is 13.1. The SMILES string of the molecule is COc1cccc2cc(-c3nc(-c4ccc(Cl)c(Cl)c4)cs3)/c(=N\O)oc12. The summed E-state index contributed by atoms with van der Waals surface area (Å²) in [5.41, 5.74) is 2.71. The Morgan fingerprint density at radius 2 is 2.00 bits per heavy atom. The molecule has 4 aromatic rings. The van der Waals surface area contributed by atoms with Crippen molar-refractivity contribution in [2.75, 3.05) is 7.11 Å². The Morgan fingerprint density at radius 3 is 2.74 bits per heavy atom. The molecule has 0 saturated heterocycles. The summed E-state index contributed by atoms with van der Waals surface area (Å²) in [6, 6.07) is 12.7. The van der Waals surface area contributed by atoms with Gasteiger partial charge in [-0.1, -0.05) is 41.4 Å². The molecule has 0 spiro atoms. The zero-order valence-electron chi connectivity index (χ0n) is 13.9. The van der Waals surface area contributed by atoms with Gasteiger partial charge in [0.1, 0.15) is 5.01 Å². The van der Waals surface area contributed by atoms with Crippen LogP contribution in [0.3, 0.4) is 0 Å². The van der Waals surface area contributed by atoms with Crippen molar-refractivity contribution in [1.29, 1.82) is 0 Å². The molecule has 2 aromatic heterocycles. The van der Waals surface area contributed by atoms with Crippen molar-refractivity contribution in [2.45, 2.75) is 0 Å². The van der Waals surface area contributed by atoms with Gasteiger partial charge in [-0.15, -0.1) is 11.3 Å². The molecule has 0 saturated carbocycles. The first-order valence-corrected chi connectivity index (χ1v) is 9.44. The lowest BCUT2D eigenvalue weighted by Gasteiger charge is -2.05. The van der Waals surface area contributed by atoms with Gasteiger partial charge in [-0.05, 0) is 29.4 Å². The first-order valence-electron chi connectivity index (χ1n) is 7.81. The van der Waals surface area contributed by atoms with E-state index in [1.807, 2.05) is 29.6 Å². The zero-order chi connectivity index (χ0) is 19.0. The van der Waals surface area contributed by atoms with Crippen molar-refractivity contribution < 1.29 is 14.4 Å². The molecule has 136 valence electrons. The average Bonchev–Trinajstić information content (AvgIpc) is 3.18. The molecular formula is C19H12Cl2N2O3S. The van der Waals surface area contributed by atoms with E-state index in [9.17, 15) is 5.21 Å². The van der Waals surface area contributed by atoms with Crippen LogP contribution in [0.2, 0.25) is 10.0 Å². The molecule has 0 atom stereocenters. The molecule has 0 aliphatic heterocycles. The molecule has 0 unspecified atom stereocenters. The Morgan fingerprint density at radius 1 is 1.15 bits per heavy atom. The van der Waals surface area contributed by atoms with Crippen LogP contribution in [0.4, 0.5) is 0 Å². The van der Waals surface area contributed by atoms with E-state index in [-0.39, 0.29) is 5.55 Å². The molecule has 1 N–H and O–H groups in total. The molecule has 27 heavy (non-hydrogen) atoms.